The third-order valence-corrected chi connectivity index (χ3v) is 7.94. The summed E-state index contributed by atoms with van der Waals surface area (Å²) in [5, 5.41) is 0. The number of benzene rings is 6. The molecule has 0 atom stereocenters. The van der Waals surface area contributed by atoms with E-state index in [-0.39, 0.29) is 0 Å². The van der Waals surface area contributed by atoms with E-state index in [4.69, 9.17) is 8.83 Å². The Kier molecular flexibility index (Phi) is 4.30. The molecule has 0 bridgehead atoms. The van der Waals surface area contributed by atoms with Gasteiger partial charge in [-0.2, -0.15) is 0 Å². The lowest BCUT2D eigenvalue weighted by Gasteiger charge is -2.27. The summed E-state index contributed by atoms with van der Waals surface area (Å²) in [5.41, 5.74) is 14.1. The molecule has 0 N–H and O–H groups in total. The van der Waals surface area contributed by atoms with Gasteiger partial charge in [-0.05, 0) is 70.8 Å². The second-order valence-electron chi connectivity index (χ2n) is 10.2. The van der Waals surface area contributed by atoms with Crippen LogP contribution in [0.5, 0.6) is 0 Å². The van der Waals surface area contributed by atoms with Crippen molar-refractivity contribution < 1.29 is 8.83 Å². The summed E-state index contributed by atoms with van der Waals surface area (Å²) in [6, 6.07) is 46.4. The third-order valence-electron chi connectivity index (χ3n) is 7.94. The van der Waals surface area contributed by atoms with E-state index in [9.17, 15) is 0 Å². The van der Waals surface area contributed by atoms with Crippen molar-refractivity contribution in [2.45, 2.75) is 0 Å². The molecule has 6 aromatic carbocycles. The Hall–Kier alpha value is -5.48. The van der Waals surface area contributed by atoms with Gasteiger partial charge >= 0.3 is 0 Å². The highest BCUT2D eigenvalue weighted by Gasteiger charge is 2.25. The Labute approximate surface area is 229 Å². The van der Waals surface area contributed by atoms with Crippen LogP contribution in [0.15, 0.2) is 142 Å². The van der Waals surface area contributed by atoms with E-state index in [0.29, 0.717) is 0 Å². The Morgan fingerprint density at radius 1 is 0.325 bits per heavy atom. The Morgan fingerprint density at radius 3 is 1.23 bits per heavy atom. The van der Waals surface area contributed by atoms with Gasteiger partial charge in [-0.15, -0.1) is 0 Å². The average Bonchev–Trinajstić information content (AvgIpc) is 3.02. The van der Waals surface area contributed by atoms with Crippen molar-refractivity contribution in [1.82, 2.24) is 9.13 Å². The largest absolute Gasteiger partial charge is 0.453 e. The van der Waals surface area contributed by atoms with Crippen molar-refractivity contribution in [3.63, 3.8) is 0 Å². The van der Waals surface area contributed by atoms with Gasteiger partial charge in [0.05, 0.1) is 22.1 Å². The molecule has 3 aliphatic heterocycles. The summed E-state index contributed by atoms with van der Waals surface area (Å²) >= 11 is 0. The number of fused-ring (bicyclic) bond motifs is 6. The summed E-state index contributed by atoms with van der Waals surface area (Å²) in [7, 11) is 0. The van der Waals surface area contributed by atoms with Crippen LogP contribution < -0.4 is 0 Å². The predicted octanol–water partition coefficient (Wildman–Crippen LogP) is 9.84. The van der Waals surface area contributed by atoms with E-state index in [0.717, 1.165) is 78.0 Å². The zero-order valence-electron chi connectivity index (χ0n) is 21.4. The quantitative estimate of drug-likeness (QED) is 0.170. The summed E-state index contributed by atoms with van der Waals surface area (Å²) in [5.74, 6) is 0. The fraction of sp³-hybridized carbons (Fsp3) is 0. The Balaban J connectivity index is 1.42. The second kappa shape index (κ2) is 8.01. The van der Waals surface area contributed by atoms with E-state index in [1.807, 2.05) is 12.1 Å². The molecule has 3 heterocycles. The molecule has 6 aromatic rings. The van der Waals surface area contributed by atoms with Crippen LogP contribution in [-0.4, -0.2) is 9.13 Å². The van der Waals surface area contributed by atoms with E-state index < -0.39 is 0 Å². The number of hydrogen-bond acceptors (Lipinski definition) is 2. The molecule has 188 valence electrons. The highest BCUT2D eigenvalue weighted by Crippen LogP contribution is 2.42. The van der Waals surface area contributed by atoms with E-state index in [1.165, 1.54) is 0 Å². The standard InChI is InChI=1S/C36H22N2O2/c1-3-9-23(10-4-1)25-17-19-27-33(21-25)39-31-15-7-14-30-35(31)37(27)29-13-8-16-32-36(29)38(30)28-20-18-26(22-34(28)40-32)24-11-5-2-6-12-24/h1-22H. The highest BCUT2D eigenvalue weighted by molar-refractivity contribution is 6.01. The van der Waals surface area contributed by atoms with E-state index >= 15 is 0 Å². The molecule has 0 amide bonds. The lowest BCUT2D eigenvalue weighted by Crippen LogP contribution is -2.14. The van der Waals surface area contributed by atoms with Crippen LogP contribution >= 0.6 is 0 Å². The fourth-order valence-electron chi connectivity index (χ4n) is 6.16. The molecule has 3 aliphatic rings. The number of aromatic nitrogens is 2. The SMILES string of the molecule is c1ccc(-c2ccc3c(c2)oc2cccc4c2-n3c2cccc3oc5cc(-c6ccccc6)ccc5n4-c32)cc1. The first-order chi connectivity index (χ1) is 19.8. The molecule has 9 rings (SSSR count). The summed E-state index contributed by atoms with van der Waals surface area (Å²) in [6.07, 6.45) is 0. The molecule has 40 heavy (non-hydrogen) atoms. The van der Waals surface area contributed by atoms with Gasteiger partial charge in [0.15, 0.2) is 22.3 Å². The first-order valence-electron chi connectivity index (χ1n) is 13.4. The van der Waals surface area contributed by atoms with Gasteiger partial charge in [0.1, 0.15) is 11.4 Å². The molecular weight excluding hydrogens is 492 g/mol. The topological polar surface area (TPSA) is 36.1 Å². The maximum absolute atomic E-state index is 6.61. The molecule has 0 fully saturated rings. The van der Waals surface area contributed by atoms with E-state index in [1.54, 1.807) is 0 Å². The smallest absolute Gasteiger partial charge is 0.153 e. The zero-order valence-corrected chi connectivity index (χ0v) is 21.4. The van der Waals surface area contributed by atoms with Gasteiger partial charge in [-0.25, -0.2) is 0 Å². The van der Waals surface area contributed by atoms with Crippen LogP contribution in [0.1, 0.15) is 0 Å². The summed E-state index contributed by atoms with van der Waals surface area (Å²) in [4.78, 5) is 0. The molecule has 0 spiro atoms. The third kappa shape index (κ3) is 2.96. The first kappa shape index (κ1) is 21.5. The van der Waals surface area contributed by atoms with Crippen molar-refractivity contribution >= 4 is 44.4 Å². The number of nitrogens with zero attached hydrogens (tertiary/aromatic N) is 2. The monoisotopic (exact) mass is 514 g/mol. The normalized spacial score (nSPS) is 12.0. The number of hydrogen-bond donors (Lipinski definition) is 0. The number of rotatable bonds is 2. The molecule has 0 aliphatic carbocycles. The highest BCUT2D eigenvalue weighted by atomic mass is 16.3. The minimum atomic E-state index is 0.834. The van der Waals surface area contributed by atoms with Gasteiger partial charge in [0.2, 0.25) is 0 Å². The molecule has 4 nitrogen and oxygen atoms in total. The lowest BCUT2D eigenvalue weighted by atomic mass is 10.0. The van der Waals surface area contributed by atoms with Gasteiger partial charge in [0, 0.05) is 0 Å². The molecular formula is C36H22N2O2. The van der Waals surface area contributed by atoms with Crippen molar-refractivity contribution in [1.29, 1.82) is 0 Å². The summed E-state index contributed by atoms with van der Waals surface area (Å²) < 4.78 is 17.9. The minimum absolute atomic E-state index is 0.834. The molecule has 4 heteroatoms. The van der Waals surface area contributed by atoms with Gasteiger partial charge in [0.25, 0.3) is 0 Å². The molecule has 0 saturated carbocycles. The van der Waals surface area contributed by atoms with Crippen LogP contribution in [0.25, 0.3) is 78.0 Å². The van der Waals surface area contributed by atoms with Crippen LogP contribution in [-0.2, 0) is 0 Å². The lowest BCUT2D eigenvalue weighted by molar-refractivity contribution is 0.640. The van der Waals surface area contributed by atoms with Crippen LogP contribution in [0, 0.1) is 0 Å². The maximum atomic E-state index is 6.61. The van der Waals surface area contributed by atoms with Crippen molar-refractivity contribution in [3.05, 3.63) is 133 Å². The predicted molar refractivity (Wildman–Crippen MR) is 162 cm³/mol. The molecule has 0 unspecified atom stereocenters. The van der Waals surface area contributed by atoms with Crippen molar-refractivity contribution in [2.75, 3.05) is 0 Å². The average molecular weight is 515 g/mol. The maximum Gasteiger partial charge on any atom is 0.153 e. The Bertz CT molecular complexity index is 2150. The molecule has 0 aromatic heterocycles. The molecule has 0 radical (unpaired) electrons. The van der Waals surface area contributed by atoms with E-state index in [2.05, 4.69) is 130 Å². The van der Waals surface area contributed by atoms with Gasteiger partial charge in [-0.1, -0.05) is 84.9 Å². The summed E-state index contributed by atoms with van der Waals surface area (Å²) in [6.45, 7) is 0. The van der Waals surface area contributed by atoms with Gasteiger partial charge in [-0.3, -0.25) is 9.13 Å². The van der Waals surface area contributed by atoms with Crippen LogP contribution in [0.4, 0.5) is 0 Å². The molecule has 0 saturated heterocycles. The van der Waals surface area contributed by atoms with Crippen LogP contribution in [0.2, 0.25) is 0 Å². The van der Waals surface area contributed by atoms with Crippen LogP contribution in [0.3, 0.4) is 0 Å². The second-order valence-corrected chi connectivity index (χ2v) is 10.2. The Morgan fingerprint density at radius 2 is 0.775 bits per heavy atom. The zero-order chi connectivity index (χ0) is 26.2. The van der Waals surface area contributed by atoms with Crippen molar-refractivity contribution in [3.8, 4) is 33.6 Å². The number of para-hydroxylation sites is 2. The van der Waals surface area contributed by atoms with Crippen molar-refractivity contribution in [2.24, 2.45) is 0 Å². The van der Waals surface area contributed by atoms with Gasteiger partial charge < -0.3 is 8.83 Å². The first-order valence-corrected chi connectivity index (χ1v) is 13.4. The fourth-order valence-corrected chi connectivity index (χ4v) is 6.16. The minimum Gasteiger partial charge on any atom is -0.453 e.